The van der Waals surface area contributed by atoms with E-state index in [0.29, 0.717) is 17.4 Å². The Labute approximate surface area is 135 Å². The van der Waals surface area contributed by atoms with Crippen LogP contribution in [-0.2, 0) is 13.5 Å². The van der Waals surface area contributed by atoms with Gasteiger partial charge in [-0.25, -0.2) is 0 Å². The summed E-state index contributed by atoms with van der Waals surface area (Å²) in [5, 5.41) is 11.2. The van der Waals surface area contributed by atoms with E-state index in [-0.39, 0.29) is 11.3 Å². The molecule has 1 aromatic heterocycles. The van der Waals surface area contributed by atoms with Crippen LogP contribution in [0.2, 0.25) is 0 Å². The molecule has 1 N–H and O–H groups in total. The molecule has 4 heteroatoms. The van der Waals surface area contributed by atoms with Crippen molar-refractivity contribution in [2.75, 3.05) is 19.0 Å². The highest BCUT2D eigenvalue weighted by Gasteiger charge is 2.14. The van der Waals surface area contributed by atoms with Crippen LogP contribution >= 0.6 is 0 Å². The van der Waals surface area contributed by atoms with Gasteiger partial charge in [0.1, 0.15) is 5.75 Å². The zero-order valence-corrected chi connectivity index (χ0v) is 13.6. The molecule has 0 amide bonds. The van der Waals surface area contributed by atoms with E-state index in [4.69, 9.17) is 0 Å². The second-order valence-corrected chi connectivity index (χ2v) is 5.95. The fraction of sp³-hybridized carbons (Fsp3) is 0.211. The molecule has 0 spiro atoms. The van der Waals surface area contributed by atoms with E-state index in [1.807, 2.05) is 67.5 Å². The molecule has 2 aromatic carbocycles. The Bertz CT molecular complexity index is 909. The van der Waals surface area contributed by atoms with E-state index in [1.165, 1.54) is 0 Å². The summed E-state index contributed by atoms with van der Waals surface area (Å²) < 4.78 is 1.60. The highest BCUT2D eigenvalue weighted by molar-refractivity contribution is 5.86. The Balaban J connectivity index is 2.08. The molecule has 118 valence electrons. The first-order valence-electron chi connectivity index (χ1n) is 7.55. The maximum atomic E-state index is 12.6. The molecule has 0 unspecified atom stereocenters. The highest BCUT2D eigenvalue weighted by atomic mass is 16.3. The first kappa shape index (κ1) is 15.2. The maximum absolute atomic E-state index is 12.6. The van der Waals surface area contributed by atoms with E-state index in [0.717, 1.165) is 16.8 Å². The van der Waals surface area contributed by atoms with Crippen molar-refractivity contribution in [3.63, 3.8) is 0 Å². The quantitative estimate of drug-likeness (QED) is 0.809. The van der Waals surface area contributed by atoms with Gasteiger partial charge >= 0.3 is 0 Å². The summed E-state index contributed by atoms with van der Waals surface area (Å²) in [5.41, 5.74) is 3.12. The average molecular weight is 308 g/mol. The molecule has 3 aromatic rings. The van der Waals surface area contributed by atoms with Crippen LogP contribution in [0.15, 0.2) is 53.3 Å². The third-order valence-electron chi connectivity index (χ3n) is 4.20. The van der Waals surface area contributed by atoms with Crippen molar-refractivity contribution in [1.29, 1.82) is 0 Å². The summed E-state index contributed by atoms with van der Waals surface area (Å²) in [6, 6.07) is 15.4. The van der Waals surface area contributed by atoms with Gasteiger partial charge in [0.2, 0.25) is 0 Å². The number of anilines is 1. The molecular weight excluding hydrogens is 288 g/mol. The van der Waals surface area contributed by atoms with Crippen molar-refractivity contribution < 1.29 is 5.11 Å². The summed E-state index contributed by atoms with van der Waals surface area (Å²) in [6.07, 6.45) is 0.414. The van der Waals surface area contributed by atoms with Gasteiger partial charge in [-0.2, -0.15) is 0 Å². The van der Waals surface area contributed by atoms with Crippen LogP contribution in [0.4, 0.5) is 5.69 Å². The number of para-hydroxylation sites is 1. The van der Waals surface area contributed by atoms with Gasteiger partial charge in [0.25, 0.3) is 5.56 Å². The lowest BCUT2D eigenvalue weighted by Gasteiger charge is -2.14. The fourth-order valence-electron chi connectivity index (χ4n) is 2.82. The van der Waals surface area contributed by atoms with Crippen LogP contribution in [0.3, 0.4) is 0 Å². The molecule has 0 bridgehead atoms. The van der Waals surface area contributed by atoms with Crippen LogP contribution in [0.1, 0.15) is 11.1 Å². The molecule has 0 saturated heterocycles. The van der Waals surface area contributed by atoms with E-state index in [1.54, 1.807) is 11.6 Å². The van der Waals surface area contributed by atoms with Crippen LogP contribution in [-0.4, -0.2) is 23.8 Å². The van der Waals surface area contributed by atoms with Crippen molar-refractivity contribution in [3.05, 3.63) is 70.0 Å². The summed E-state index contributed by atoms with van der Waals surface area (Å²) in [7, 11) is 5.71. The highest BCUT2D eigenvalue weighted by Crippen LogP contribution is 2.27. The van der Waals surface area contributed by atoms with Gasteiger partial charge < -0.3 is 14.6 Å². The molecule has 0 aliphatic carbocycles. The monoisotopic (exact) mass is 308 g/mol. The summed E-state index contributed by atoms with van der Waals surface area (Å²) >= 11 is 0. The first-order valence-corrected chi connectivity index (χ1v) is 7.55. The van der Waals surface area contributed by atoms with E-state index in [2.05, 4.69) is 0 Å². The predicted octanol–water partition coefficient (Wildman–Crippen LogP) is 2.90. The summed E-state index contributed by atoms with van der Waals surface area (Å²) in [5.74, 6) is 0.0837. The molecule has 1 heterocycles. The number of aromatic nitrogens is 1. The Morgan fingerprint density at radius 3 is 2.35 bits per heavy atom. The van der Waals surface area contributed by atoms with Gasteiger partial charge in [0, 0.05) is 38.6 Å². The van der Waals surface area contributed by atoms with E-state index in [9.17, 15) is 9.90 Å². The average Bonchev–Trinajstić information content (AvgIpc) is 2.57. The molecule has 0 aliphatic rings. The number of benzene rings is 2. The molecule has 0 atom stereocenters. The van der Waals surface area contributed by atoms with Crippen molar-refractivity contribution in [2.24, 2.45) is 7.05 Å². The lowest BCUT2D eigenvalue weighted by molar-refractivity contribution is 0.473. The fourth-order valence-corrected chi connectivity index (χ4v) is 2.82. The van der Waals surface area contributed by atoms with Crippen LogP contribution in [0.25, 0.3) is 10.9 Å². The maximum Gasteiger partial charge on any atom is 0.258 e. The third-order valence-corrected chi connectivity index (χ3v) is 4.20. The number of aromatic hydroxyl groups is 1. The standard InChI is InChI=1S/C19H20N2O2/c1-20(2)14-10-8-13(9-11-14)12-16-18(22)15-6-4-5-7-17(15)21(3)19(16)23/h4-11,22H,12H2,1-3H3. The molecular formula is C19H20N2O2. The van der Waals surface area contributed by atoms with Crippen molar-refractivity contribution in [2.45, 2.75) is 6.42 Å². The second kappa shape index (κ2) is 5.80. The number of nitrogens with zero attached hydrogens (tertiary/aromatic N) is 2. The third kappa shape index (κ3) is 2.68. The first-order chi connectivity index (χ1) is 11.0. The number of rotatable bonds is 3. The Morgan fingerprint density at radius 1 is 1.04 bits per heavy atom. The normalized spacial score (nSPS) is 10.9. The van der Waals surface area contributed by atoms with Gasteiger partial charge in [-0.1, -0.05) is 24.3 Å². The van der Waals surface area contributed by atoms with Crippen LogP contribution < -0.4 is 10.5 Å². The number of aryl methyl sites for hydroxylation is 1. The minimum absolute atomic E-state index is 0.0837. The number of pyridine rings is 1. The van der Waals surface area contributed by atoms with Gasteiger partial charge in [-0.15, -0.1) is 0 Å². The van der Waals surface area contributed by atoms with Gasteiger partial charge in [0.15, 0.2) is 0 Å². The van der Waals surface area contributed by atoms with E-state index < -0.39 is 0 Å². The topological polar surface area (TPSA) is 45.5 Å². The zero-order valence-electron chi connectivity index (χ0n) is 13.6. The SMILES string of the molecule is CN(C)c1ccc(Cc2c(O)c3ccccc3n(C)c2=O)cc1. The number of hydrogen-bond donors (Lipinski definition) is 1. The summed E-state index contributed by atoms with van der Waals surface area (Å²) in [6.45, 7) is 0. The number of fused-ring (bicyclic) bond motifs is 1. The molecule has 4 nitrogen and oxygen atoms in total. The Kier molecular flexibility index (Phi) is 3.82. The van der Waals surface area contributed by atoms with E-state index >= 15 is 0 Å². The Morgan fingerprint density at radius 2 is 1.70 bits per heavy atom. The Hall–Kier alpha value is -2.75. The lowest BCUT2D eigenvalue weighted by atomic mass is 10.0. The molecule has 0 saturated carbocycles. The van der Waals surface area contributed by atoms with Gasteiger partial charge in [-0.3, -0.25) is 4.79 Å². The zero-order chi connectivity index (χ0) is 16.6. The van der Waals surface area contributed by atoms with Gasteiger partial charge in [0.05, 0.1) is 11.1 Å². The summed E-state index contributed by atoms with van der Waals surface area (Å²) in [4.78, 5) is 14.6. The van der Waals surface area contributed by atoms with Crippen LogP contribution in [0, 0.1) is 0 Å². The van der Waals surface area contributed by atoms with Gasteiger partial charge in [-0.05, 0) is 29.8 Å². The number of hydrogen-bond acceptors (Lipinski definition) is 3. The van der Waals surface area contributed by atoms with Crippen molar-refractivity contribution >= 4 is 16.6 Å². The lowest BCUT2D eigenvalue weighted by Crippen LogP contribution is -2.21. The molecule has 3 rings (SSSR count). The molecule has 0 radical (unpaired) electrons. The van der Waals surface area contributed by atoms with Crippen molar-refractivity contribution in [3.8, 4) is 5.75 Å². The van der Waals surface area contributed by atoms with Crippen molar-refractivity contribution in [1.82, 2.24) is 4.57 Å². The predicted molar refractivity (Wildman–Crippen MR) is 94.4 cm³/mol. The minimum atomic E-state index is -0.155. The smallest absolute Gasteiger partial charge is 0.258 e. The molecule has 23 heavy (non-hydrogen) atoms. The van der Waals surface area contributed by atoms with Crippen LogP contribution in [0.5, 0.6) is 5.75 Å². The minimum Gasteiger partial charge on any atom is -0.507 e. The largest absolute Gasteiger partial charge is 0.507 e. The molecule has 0 aliphatic heterocycles. The second-order valence-electron chi connectivity index (χ2n) is 5.95. The molecule has 0 fully saturated rings.